The van der Waals surface area contributed by atoms with Crippen molar-refractivity contribution in [3.05, 3.63) is 89.7 Å². The number of aromatic nitrogens is 2. The maximum Gasteiger partial charge on any atom is 0.323 e. The Morgan fingerprint density at radius 1 is 0.933 bits per heavy atom. The van der Waals surface area contributed by atoms with Crippen LogP contribution < -0.4 is 16.4 Å². The number of urea groups is 1. The fraction of sp³-hybridized carbons (Fsp3) is 0. The third kappa shape index (κ3) is 3.97. The van der Waals surface area contributed by atoms with Crippen LogP contribution in [0.4, 0.5) is 26.4 Å². The second-order valence-electron chi connectivity index (χ2n) is 6.42. The lowest BCUT2D eigenvalue weighted by atomic mass is 10.1. The van der Waals surface area contributed by atoms with Crippen LogP contribution in [0.25, 0.3) is 16.9 Å². The fourth-order valence-corrected chi connectivity index (χ4v) is 3.18. The average molecular weight is 422 g/mol. The van der Waals surface area contributed by atoms with Gasteiger partial charge in [-0.3, -0.25) is 0 Å². The first-order chi connectivity index (χ1) is 14.5. The third-order valence-electron chi connectivity index (χ3n) is 4.39. The van der Waals surface area contributed by atoms with Crippen LogP contribution >= 0.6 is 11.6 Å². The molecule has 0 spiro atoms. The lowest BCUT2D eigenvalue weighted by molar-refractivity contribution is 0.262. The monoisotopic (exact) mass is 421 g/mol. The van der Waals surface area contributed by atoms with Gasteiger partial charge in [-0.1, -0.05) is 54.1 Å². The van der Waals surface area contributed by atoms with E-state index in [4.69, 9.17) is 17.3 Å². The Balaban J connectivity index is 1.73. The molecule has 0 aliphatic rings. The van der Waals surface area contributed by atoms with E-state index < -0.39 is 11.8 Å². The van der Waals surface area contributed by atoms with E-state index in [2.05, 4.69) is 15.7 Å². The Morgan fingerprint density at radius 3 is 2.30 bits per heavy atom. The third-order valence-corrected chi connectivity index (χ3v) is 4.71. The van der Waals surface area contributed by atoms with E-state index >= 15 is 0 Å². The molecule has 0 aliphatic heterocycles. The highest BCUT2D eigenvalue weighted by Gasteiger charge is 2.21. The number of hydrogen-bond acceptors (Lipinski definition) is 3. The second kappa shape index (κ2) is 8.26. The molecule has 4 rings (SSSR count). The van der Waals surface area contributed by atoms with E-state index in [0.29, 0.717) is 27.8 Å². The van der Waals surface area contributed by atoms with Gasteiger partial charge in [0.15, 0.2) is 5.82 Å². The molecule has 30 heavy (non-hydrogen) atoms. The molecule has 0 saturated heterocycles. The molecule has 0 fully saturated rings. The highest BCUT2D eigenvalue weighted by molar-refractivity contribution is 6.32. The van der Waals surface area contributed by atoms with Gasteiger partial charge >= 0.3 is 6.03 Å². The Kier molecular flexibility index (Phi) is 5.36. The topological polar surface area (TPSA) is 85.0 Å². The summed E-state index contributed by atoms with van der Waals surface area (Å²) in [4.78, 5) is 12.6. The number of para-hydroxylation sites is 1. The summed E-state index contributed by atoms with van der Waals surface area (Å²) in [7, 11) is 0. The van der Waals surface area contributed by atoms with Crippen molar-refractivity contribution in [2.24, 2.45) is 0 Å². The number of anilines is 3. The van der Waals surface area contributed by atoms with Gasteiger partial charge in [-0.05, 0) is 36.4 Å². The Hall–Kier alpha value is -3.84. The van der Waals surface area contributed by atoms with Gasteiger partial charge in [0.1, 0.15) is 17.2 Å². The van der Waals surface area contributed by atoms with Crippen LogP contribution in [0.15, 0.2) is 78.9 Å². The standard InChI is InChI=1S/C22H17ClFN5O/c23-17-8-4-5-9-18(17)29-21(25)20(19(28-29)14-6-2-1-3-7-14)27-22(30)26-16-12-10-15(24)11-13-16/h1-13H,25H2,(H2,26,27,30). The fourth-order valence-electron chi connectivity index (χ4n) is 2.97. The zero-order valence-corrected chi connectivity index (χ0v) is 16.4. The van der Waals surface area contributed by atoms with Crippen molar-refractivity contribution in [1.29, 1.82) is 0 Å². The average Bonchev–Trinajstić information content (AvgIpc) is 3.07. The normalized spacial score (nSPS) is 10.6. The van der Waals surface area contributed by atoms with E-state index in [1.807, 2.05) is 36.4 Å². The highest BCUT2D eigenvalue weighted by atomic mass is 35.5. The molecule has 150 valence electrons. The van der Waals surface area contributed by atoms with Crippen molar-refractivity contribution >= 4 is 34.8 Å². The van der Waals surface area contributed by atoms with Gasteiger partial charge < -0.3 is 16.4 Å². The number of halogens is 2. The first-order valence-electron chi connectivity index (χ1n) is 9.05. The number of rotatable bonds is 4. The number of nitrogens with one attached hydrogen (secondary N) is 2. The number of benzene rings is 3. The number of nitrogen functional groups attached to an aromatic ring is 1. The van der Waals surface area contributed by atoms with Crippen LogP contribution in [0.1, 0.15) is 0 Å². The molecule has 6 nitrogen and oxygen atoms in total. The predicted molar refractivity (Wildman–Crippen MR) is 117 cm³/mol. The lowest BCUT2D eigenvalue weighted by Gasteiger charge is -2.09. The molecular weight excluding hydrogens is 405 g/mol. The number of carbonyl (C=O) groups is 1. The van der Waals surface area contributed by atoms with Crippen LogP contribution in [0.3, 0.4) is 0 Å². The van der Waals surface area contributed by atoms with Gasteiger partial charge in [0, 0.05) is 11.3 Å². The molecule has 2 amide bonds. The SMILES string of the molecule is Nc1c(NC(=O)Nc2ccc(F)cc2)c(-c2ccccc2)nn1-c1ccccc1Cl. The van der Waals surface area contributed by atoms with Gasteiger partial charge in [0.25, 0.3) is 0 Å². The van der Waals surface area contributed by atoms with E-state index in [9.17, 15) is 9.18 Å². The zero-order valence-electron chi connectivity index (χ0n) is 15.6. The van der Waals surface area contributed by atoms with E-state index in [1.165, 1.54) is 28.9 Å². The van der Waals surface area contributed by atoms with Crippen LogP contribution in [-0.4, -0.2) is 15.8 Å². The second-order valence-corrected chi connectivity index (χ2v) is 6.83. The zero-order chi connectivity index (χ0) is 21.1. The van der Waals surface area contributed by atoms with Gasteiger partial charge in [0.05, 0.1) is 10.7 Å². The molecule has 0 bridgehead atoms. The molecule has 0 atom stereocenters. The molecule has 4 aromatic rings. The van der Waals surface area contributed by atoms with Crippen molar-refractivity contribution in [3.63, 3.8) is 0 Å². The van der Waals surface area contributed by atoms with Crippen molar-refractivity contribution in [2.75, 3.05) is 16.4 Å². The number of nitrogens with zero attached hydrogens (tertiary/aromatic N) is 2. The number of nitrogens with two attached hydrogens (primary N) is 1. The number of carbonyl (C=O) groups excluding carboxylic acids is 1. The lowest BCUT2D eigenvalue weighted by Crippen LogP contribution is -2.20. The van der Waals surface area contributed by atoms with Crippen molar-refractivity contribution in [3.8, 4) is 16.9 Å². The summed E-state index contributed by atoms with van der Waals surface area (Å²) in [5, 5.41) is 10.5. The summed E-state index contributed by atoms with van der Waals surface area (Å²) < 4.78 is 14.6. The van der Waals surface area contributed by atoms with Crippen LogP contribution in [0.5, 0.6) is 0 Å². The van der Waals surface area contributed by atoms with Crippen LogP contribution in [-0.2, 0) is 0 Å². The van der Waals surface area contributed by atoms with Crippen LogP contribution in [0.2, 0.25) is 5.02 Å². The minimum Gasteiger partial charge on any atom is -0.382 e. The quantitative estimate of drug-likeness (QED) is 0.403. The Bertz CT molecular complexity index is 1190. The van der Waals surface area contributed by atoms with Gasteiger partial charge in [-0.15, -0.1) is 0 Å². The molecule has 0 radical (unpaired) electrons. The summed E-state index contributed by atoms with van der Waals surface area (Å²) in [5.74, 6) is -0.172. The molecule has 1 aromatic heterocycles. The summed E-state index contributed by atoms with van der Waals surface area (Å²) in [5.41, 5.74) is 8.97. The maximum absolute atomic E-state index is 13.1. The van der Waals surface area contributed by atoms with E-state index in [0.717, 1.165) is 5.56 Å². The summed E-state index contributed by atoms with van der Waals surface area (Å²) >= 11 is 6.32. The minimum absolute atomic E-state index is 0.219. The first-order valence-corrected chi connectivity index (χ1v) is 9.43. The van der Waals surface area contributed by atoms with E-state index in [1.54, 1.807) is 18.2 Å². The highest BCUT2D eigenvalue weighted by Crippen LogP contribution is 2.35. The smallest absolute Gasteiger partial charge is 0.323 e. The maximum atomic E-state index is 13.1. The molecule has 3 aromatic carbocycles. The molecular formula is C22H17ClFN5O. The Labute approximate surface area is 177 Å². The number of hydrogen-bond donors (Lipinski definition) is 3. The summed E-state index contributed by atoms with van der Waals surface area (Å²) in [6.07, 6.45) is 0. The number of amides is 2. The summed E-state index contributed by atoms with van der Waals surface area (Å²) in [6.45, 7) is 0. The van der Waals surface area contributed by atoms with Crippen molar-refractivity contribution in [1.82, 2.24) is 9.78 Å². The first kappa shape index (κ1) is 19.5. The molecule has 8 heteroatoms. The van der Waals surface area contributed by atoms with Crippen LogP contribution in [0, 0.1) is 5.82 Å². The predicted octanol–water partition coefficient (Wildman–Crippen LogP) is 5.56. The molecule has 0 saturated carbocycles. The van der Waals surface area contributed by atoms with Crippen molar-refractivity contribution < 1.29 is 9.18 Å². The van der Waals surface area contributed by atoms with Gasteiger partial charge in [0.2, 0.25) is 0 Å². The van der Waals surface area contributed by atoms with Gasteiger partial charge in [-0.2, -0.15) is 5.10 Å². The minimum atomic E-state index is -0.538. The Morgan fingerprint density at radius 2 is 1.60 bits per heavy atom. The van der Waals surface area contributed by atoms with E-state index in [-0.39, 0.29) is 5.82 Å². The molecule has 1 heterocycles. The molecule has 0 unspecified atom stereocenters. The molecule has 0 aliphatic carbocycles. The summed E-state index contributed by atoms with van der Waals surface area (Å²) in [6, 6.07) is 21.4. The van der Waals surface area contributed by atoms with Crippen molar-refractivity contribution in [2.45, 2.75) is 0 Å². The largest absolute Gasteiger partial charge is 0.382 e. The van der Waals surface area contributed by atoms with Gasteiger partial charge in [-0.25, -0.2) is 13.9 Å². The molecule has 4 N–H and O–H groups in total.